The molecule has 0 unspecified atom stereocenters. The number of hydrogen-bond acceptors (Lipinski definition) is 8. The van der Waals surface area contributed by atoms with Crippen molar-refractivity contribution in [2.45, 2.75) is 45.8 Å². The van der Waals surface area contributed by atoms with Crippen molar-refractivity contribution < 1.29 is 18.4 Å². The highest BCUT2D eigenvalue weighted by Gasteiger charge is 2.36. The maximum absolute atomic E-state index is 13.1. The number of carbonyl (C=O) groups is 2. The summed E-state index contributed by atoms with van der Waals surface area (Å²) in [5.41, 5.74) is 7.98. The van der Waals surface area contributed by atoms with Gasteiger partial charge in [0.05, 0.1) is 24.7 Å². The van der Waals surface area contributed by atoms with Gasteiger partial charge in [0, 0.05) is 16.7 Å². The van der Waals surface area contributed by atoms with Crippen LogP contribution >= 0.6 is 0 Å². The lowest BCUT2D eigenvalue weighted by molar-refractivity contribution is -0.136. The van der Waals surface area contributed by atoms with Gasteiger partial charge < -0.3 is 13.7 Å². The van der Waals surface area contributed by atoms with Crippen molar-refractivity contribution in [3.8, 4) is 40.1 Å². The van der Waals surface area contributed by atoms with E-state index in [-0.39, 0.29) is 17.5 Å². The lowest BCUT2D eigenvalue weighted by Crippen LogP contribution is -2.42. The molecule has 1 saturated heterocycles. The number of aldehydes is 1. The number of fused-ring (bicyclic) bond motifs is 2. The van der Waals surface area contributed by atoms with Gasteiger partial charge in [-0.15, -0.1) is 0 Å². The number of likely N-dealkylation sites (tertiary alicyclic amines) is 1. The largest absolute Gasteiger partial charge is 0.439 e. The van der Waals surface area contributed by atoms with Crippen molar-refractivity contribution in [2.24, 2.45) is 0 Å². The number of rotatable bonds is 5. The molecule has 1 fully saturated rings. The normalized spacial score (nSPS) is 16.5. The third-order valence-electron chi connectivity index (χ3n) is 8.76. The minimum absolute atomic E-state index is 0.0571. The Hall–Kier alpha value is -5.07. The van der Waals surface area contributed by atoms with Gasteiger partial charge >= 0.3 is 0 Å². The van der Waals surface area contributed by atoms with Gasteiger partial charge in [-0.1, -0.05) is 24.3 Å². The van der Waals surface area contributed by atoms with Crippen LogP contribution in [0.5, 0.6) is 0 Å². The monoisotopic (exact) mass is 571 g/mol. The molecule has 1 atom stereocenters. The van der Waals surface area contributed by atoms with Gasteiger partial charge in [-0.2, -0.15) is 5.26 Å². The molecule has 1 amide bonds. The SMILES string of the molecule is Cc1c(-c2nc3c(o2)CN(C(=O)[C@@H]2CCCN2C)C3)cccc1-c1cccc(-c2nc3cc(C=O)cc(C#N)c3o2)c1C. The maximum atomic E-state index is 13.1. The molecule has 7 rings (SSSR count). The maximum Gasteiger partial charge on any atom is 0.240 e. The zero-order chi connectivity index (χ0) is 29.8. The van der Waals surface area contributed by atoms with Crippen molar-refractivity contribution in [3.05, 3.63) is 82.2 Å². The topological polar surface area (TPSA) is 116 Å². The van der Waals surface area contributed by atoms with E-state index in [0.717, 1.165) is 64.2 Å². The highest BCUT2D eigenvalue weighted by molar-refractivity contribution is 5.90. The first-order chi connectivity index (χ1) is 20.9. The fourth-order valence-electron chi connectivity index (χ4n) is 6.38. The lowest BCUT2D eigenvalue weighted by Gasteiger charge is -2.24. The second kappa shape index (κ2) is 10.3. The van der Waals surface area contributed by atoms with Crippen LogP contribution in [0.15, 0.2) is 57.4 Å². The van der Waals surface area contributed by atoms with Gasteiger partial charge in [0.25, 0.3) is 0 Å². The second-order valence-corrected chi connectivity index (χ2v) is 11.3. The van der Waals surface area contributed by atoms with Gasteiger partial charge in [-0.05, 0) is 86.8 Å². The number of benzene rings is 3. The van der Waals surface area contributed by atoms with Crippen LogP contribution in [0, 0.1) is 25.2 Å². The molecule has 0 saturated carbocycles. The molecule has 4 heterocycles. The number of nitrogens with zero attached hydrogens (tertiary/aromatic N) is 5. The van der Waals surface area contributed by atoms with E-state index >= 15 is 0 Å². The molecule has 2 aliphatic rings. The smallest absolute Gasteiger partial charge is 0.240 e. The molecular formula is C34H29N5O4. The fourth-order valence-corrected chi connectivity index (χ4v) is 6.38. The summed E-state index contributed by atoms with van der Waals surface area (Å²) in [6.45, 7) is 5.93. The van der Waals surface area contributed by atoms with Crippen molar-refractivity contribution in [3.63, 3.8) is 0 Å². The summed E-state index contributed by atoms with van der Waals surface area (Å²) in [6.07, 6.45) is 2.64. The summed E-state index contributed by atoms with van der Waals surface area (Å²) in [5, 5.41) is 9.58. The number of nitriles is 1. The molecule has 214 valence electrons. The zero-order valence-electron chi connectivity index (χ0n) is 24.2. The van der Waals surface area contributed by atoms with Crippen molar-refractivity contribution in [1.82, 2.24) is 19.8 Å². The van der Waals surface area contributed by atoms with E-state index in [2.05, 4.69) is 35.0 Å². The highest BCUT2D eigenvalue weighted by atomic mass is 16.4. The van der Waals surface area contributed by atoms with Crippen molar-refractivity contribution >= 4 is 23.3 Å². The van der Waals surface area contributed by atoms with Gasteiger partial charge in [0.2, 0.25) is 17.7 Å². The summed E-state index contributed by atoms with van der Waals surface area (Å²) in [7, 11) is 2.01. The van der Waals surface area contributed by atoms with Gasteiger partial charge in [0.15, 0.2) is 5.58 Å². The first kappa shape index (κ1) is 26.8. The molecule has 2 aromatic heterocycles. The van der Waals surface area contributed by atoms with E-state index in [1.165, 1.54) is 6.07 Å². The molecule has 0 bridgehead atoms. The van der Waals surface area contributed by atoms with Crippen LogP contribution in [-0.4, -0.2) is 51.6 Å². The number of oxazole rings is 2. The quantitative estimate of drug-likeness (QED) is 0.234. The molecule has 9 nitrogen and oxygen atoms in total. The number of carbonyl (C=O) groups excluding carboxylic acids is 2. The van der Waals surface area contributed by atoms with Crippen molar-refractivity contribution in [2.75, 3.05) is 13.6 Å². The average molecular weight is 572 g/mol. The number of likely N-dealkylation sites (N-methyl/N-ethyl adjacent to an activating group) is 1. The summed E-state index contributed by atoms with van der Waals surface area (Å²) in [5.74, 6) is 1.83. The summed E-state index contributed by atoms with van der Waals surface area (Å²) >= 11 is 0. The minimum atomic E-state index is -0.0571. The molecule has 2 aliphatic heterocycles. The van der Waals surface area contributed by atoms with Gasteiger partial charge in [-0.3, -0.25) is 14.5 Å². The predicted molar refractivity (Wildman–Crippen MR) is 160 cm³/mol. The van der Waals surface area contributed by atoms with Crippen molar-refractivity contribution in [1.29, 1.82) is 5.26 Å². The third-order valence-corrected chi connectivity index (χ3v) is 8.76. The fraction of sp³-hybridized carbons (Fsp3) is 0.265. The van der Waals surface area contributed by atoms with Crippen LogP contribution in [0.2, 0.25) is 0 Å². The van der Waals surface area contributed by atoms with E-state index in [4.69, 9.17) is 13.8 Å². The molecule has 0 spiro atoms. The lowest BCUT2D eigenvalue weighted by atomic mass is 9.91. The van der Waals surface area contributed by atoms with Crippen LogP contribution in [0.3, 0.4) is 0 Å². The molecule has 0 radical (unpaired) electrons. The van der Waals surface area contributed by atoms with Gasteiger partial charge in [0.1, 0.15) is 29.3 Å². The first-order valence-electron chi connectivity index (χ1n) is 14.3. The Morgan fingerprint density at radius 2 is 1.65 bits per heavy atom. The molecule has 43 heavy (non-hydrogen) atoms. The predicted octanol–water partition coefficient (Wildman–Crippen LogP) is 6.05. The molecule has 9 heteroatoms. The third kappa shape index (κ3) is 4.42. The molecule has 5 aromatic rings. The number of hydrogen-bond donors (Lipinski definition) is 0. The van der Waals surface area contributed by atoms with Crippen LogP contribution in [0.4, 0.5) is 0 Å². The first-order valence-corrected chi connectivity index (χ1v) is 14.3. The Labute approximate surface area is 248 Å². The Kier molecular flexibility index (Phi) is 6.44. The molecule has 3 aromatic carbocycles. The average Bonchev–Trinajstić information content (AvgIpc) is 3.80. The molecule has 0 N–H and O–H groups in total. The second-order valence-electron chi connectivity index (χ2n) is 11.3. The van der Waals surface area contributed by atoms with Crippen LogP contribution in [-0.2, 0) is 17.9 Å². The summed E-state index contributed by atoms with van der Waals surface area (Å²) in [6, 6.07) is 17.2. The molecule has 0 aliphatic carbocycles. The van der Waals surface area contributed by atoms with E-state index in [1.54, 1.807) is 6.07 Å². The van der Waals surface area contributed by atoms with Crippen LogP contribution in [0.1, 0.15) is 51.3 Å². The van der Waals surface area contributed by atoms with E-state index in [0.29, 0.717) is 47.8 Å². The Bertz CT molecular complexity index is 1960. The number of amides is 1. The van der Waals surface area contributed by atoms with Crippen LogP contribution < -0.4 is 0 Å². The van der Waals surface area contributed by atoms with E-state index < -0.39 is 0 Å². The Morgan fingerprint density at radius 1 is 0.977 bits per heavy atom. The van der Waals surface area contributed by atoms with Crippen LogP contribution in [0.25, 0.3) is 45.1 Å². The van der Waals surface area contributed by atoms with E-state index in [1.807, 2.05) is 43.1 Å². The zero-order valence-corrected chi connectivity index (χ0v) is 24.2. The van der Waals surface area contributed by atoms with E-state index in [9.17, 15) is 14.9 Å². The minimum Gasteiger partial charge on any atom is -0.439 e. The summed E-state index contributed by atoms with van der Waals surface area (Å²) < 4.78 is 12.3. The Morgan fingerprint density at radius 3 is 2.26 bits per heavy atom. The highest BCUT2D eigenvalue weighted by Crippen LogP contribution is 2.39. The standard InChI is InChI=1S/C34H29N5O4/c1-19-23(24-8-5-10-26(20(24)2)33-36-27-14-21(18-40)13-22(15-35)31(27)43-33)7-4-9-25(19)32-37-28-16-39(17-30(28)42-32)34(41)29-11-6-12-38(29)3/h4-5,7-10,13-14,18,29H,6,11-12,16-17H2,1-3H3/t29-/m0/s1. The molecular weight excluding hydrogens is 542 g/mol. The summed E-state index contributed by atoms with van der Waals surface area (Å²) in [4.78, 5) is 37.9. The van der Waals surface area contributed by atoms with Gasteiger partial charge in [-0.25, -0.2) is 9.97 Å². The number of aromatic nitrogens is 2. The Balaban J connectivity index is 1.20.